The number of hydrogen-bond donors (Lipinski definition) is 2. The van der Waals surface area contributed by atoms with Crippen LogP contribution in [0.4, 0.5) is 10.5 Å². The number of hydrogen-bond acceptors (Lipinski definition) is 4. The van der Waals surface area contributed by atoms with Crippen molar-refractivity contribution in [2.75, 3.05) is 18.5 Å². The Hall–Kier alpha value is -3.39. The van der Waals surface area contributed by atoms with E-state index in [9.17, 15) is 19.2 Å². The Bertz CT molecular complexity index is 1120. The molecule has 2 aromatic carbocycles. The molecule has 0 aromatic heterocycles. The number of nitrogens with one attached hydrogen (secondary N) is 2. The average Bonchev–Trinajstić information content (AvgIpc) is 3.07. The third-order valence-corrected chi connectivity index (χ3v) is 6.93. The van der Waals surface area contributed by atoms with E-state index in [4.69, 9.17) is 11.6 Å². The van der Waals surface area contributed by atoms with Crippen molar-refractivity contribution in [3.05, 3.63) is 65.2 Å². The minimum Gasteiger partial charge on any atom is -0.342 e. The molecule has 2 aromatic rings. The van der Waals surface area contributed by atoms with Crippen molar-refractivity contribution < 1.29 is 19.2 Å². The van der Waals surface area contributed by atoms with Gasteiger partial charge in [-0.2, -0.15) is 0 Å². The summed E-state index contributed by atoms with van der Waals surface area (Å²) in [6.07, 6.45) is 4.14. The molecule has 2 N–H and O–H groups in total. The third kappa shape index (κ3) is 5.48. The fourth-order valence-electron chi connectivity index (χ4n) is 4.79. The van der Waals surface area contributed by atoms with Gasteiger partial charge >= 0.3 is 6.03 Å². The number of urea groups is 1. The molecule has 8 nitrogen and oxygen atoms in total. The van der Waals surface area contributed by atoms with Gasteiger partial charge in [0.05, 0.1) is 0 Å². The second kappa shape index (κ2) is 10.5. The molecule has 1 heterocycles. The Morgan fingerprint density at radius 3 is 2.49 bits per heavy atom. The largest absolute Gasteiger partial charge is 0.342 e. The molecule has 4 rings (SSSR count). The molecule has 2 fully saturated rings. The molecule has 5 amide bonds. The van der Waals surface area contributed by atoms with Gasteiger partial charge in [0, 0.05) is 24.2 Å². The zero-order chi connectivity index (χ0) is 25.0. The van der Waals surface area contributed by atoms with Crippen molar-refractivity contribution in [2.24, 2.45) is 0 Å². The van der Waals surface area contributed by atoms with Crippen molar-refractivity contribution in [3.63, 3.8) is 0 Å². The summed E-state index contributed by atoms with van der Waals surface area (Å²) in [5.74, 6) is -1.28. The fraction of sp³-hybridized carbons (Fsp3) is 0.385. The molecule has 184 valence electrons. The van der Waals surface area contributed by atoms with Crippen molar-refractivity contribution >= 4 is 41.0 Å². The highest BCUT2D eigenvalue weighted by molar-refractivity contribution is 6.31. The molecule has 1 aliphatic heterocycles. The lowest BCUT2D eigenvalue weighted by Gasteiger charge is -2.30. The van der Waals surface area contributed by atoms with Crippen molar-refractivity contribution in [2.45, 2.75) is 50.1 Å². The van der Waals surface area contributed by atoms with E-state index in [1.165, 1.54) is 4.90 Å². The summed E-state index contributed by atoms with van der Waals surface area (Å²) < 4.78 is 0. The third-order valence-electron chi connectivity index (χ3n) is 6.70. The van der Waals surface area contributed by atoms with Crippen LogP contribution < -0.4 is 15.5 Å². The molecular weight excluding hydrogens is 468 g/mol. The lowest BCUT2D eigenvalue weighted by atomic mass is 9.82. The van der Waals surface area contributed by atoms with Gasteiger partial charge in [-0.25, -0.2) is 4.79 Å². The van der Waals surface area contributed by atoms with Gasteiger partial charge in [-0.1, -0.05) is 67.3 Å². The van der Waals surface area contributed by atoms with Crippen LogP contribution in [0, 0.1) is 0 Å². The Labute approximate surface area is 209 Å². The first-order valence-corrected chi connectivity index (χ1v) is 12.2. The van der Waals surface area contributed by atoms with E-state index in [1.807, 2.05) is 30.3 Å². The number of carbonyl (C=O) groups is 4. The van der Waals surface area contributed by atoms with Gasteiger partial charge in [-0.3, -0.25) is 19.3 Å². The fourth-order valence-corrected chi connectivity index (χ4v) is 4.98. The molecule has 0 bridgehead atoms. The quantitative estimate of drug-likeness (QED) is 0.574. The van der Waals surface area contributed by atoms with Gasteiger partial charge < -0.3 is 15.5 Å². The van der Waals surface area contributed by atoms with E-state index < -0.39 is 30.1 Å². The topological polar surface area (TPSA) is 98.8 Å². The number of benzene rings is 2. The summed E-state index contributed by atoms with van der Waals surface area (Å²) in [7, 11) is 1.61. The molecule has 0 radical (unpaired) electrons. The van der Waals surface area contributed by atoms with Crippen LogP contribution in [0.3, 0.4) is 0 Å². The number of amides is 5. The highest BCUT2D eigenvalue weighted by Crippen LogP contribution is 2.33. The smallest absolute Gasteiger partial charge is 0.325 e. The Balaban J connectivity index is 1.49. The van der Waals surface area contributed by atoms with Crippen LogP contribution in [0.15, 0.2) is 54.6 Å². The van der Waals surface area contributed by atoms with E-state index in [-0.39, 0.29) is 18.2 Å². The SMILES string of the molecule is CN(C(=O)[C@H](Cc1ccccc1)NC(=O)CN1C(=O)NC2(CCCCC2)C1=O)c1cccc(Cl)c1. The van der Waals surface area contributed by atoms with Crippen LogP contribution in [-0.4, -0.2) is 53.8 Å². The first kappa shape index (κ1) is 24.7. The lowest BCUT2D eigenvalue weighted by molar-refractivity contribution is -0.136. The molecular formula is C26H29ClN4O4. The maximum Gasteiger partial charge on any atom is 0.325 e. The first-order chi connectivity index (χ1) is 16.8. The molecule has 1 atom stereocenters. The van der Waals surface area contributed by atoms with E-state index >= 15 is 0 Å². The minimum atomic E-state index is -0.904. The lowest BCUT2D eigenvalue weighted by Crippen LogP contribution is -2.52. The number of carbonyl (C=O) groups excluding carboxylic acids is 4. The highest BCUT2D eigenvalue weighted by Gasteiger charge is 2.51. The number of nitrogens with zero attached hydrogens (tertiary/aromatic N) is 2. The number of rotatable bonds is 7. The predicted molar refractivity (Wildman–Crippen MR) is 133 cm³/mol. The molecule has 9 heteroatoms. The summed E-state index contributed by atoms with van der Waals surface area (Å²) in [5.41, 5.74) is 0.548. The standard InChI is InChI=1S/C26H29ClN4O4/c1-30(20-12-8-11-19(27)16-20)23(33)21(15-18-9-4-2-5-10-18)28-22(32)17-31-24(34)26(29-25(31)35)13-6-3-7-14-26/h2,4-5,8-12,16,21H,3,6-7,13-15,17H2,1H3,(H,28,32)(H,29,35)/t21-/m0/s1. The number of imide groups is 1. The first-order valence-electron chi connectivity index (χ1n) is 11.8. The summed E-state index contributed by atoms with van der Waals surface area (Å²) in [4.78, 5) is 54.4. The van der Waals surface area contributed by atoms with Gasteiger partial charge in [-0.05, 0) is 36.6 Å². The average molecular weight is 497 g/mol. The summed E-state index contributed by atoms with van der Waals surface area (Å²) in [5, 5.41) is 6.05. The van der Waals surface area contributed by atoms with Crippen molar-refractivity contribution in [1.29, 1.82) is 0 Å². The molecule has 1 spiro atoms. The minimum absolute atomic E-state index is 0.250. The van der Waals surface area contributed by atoms with Crippen LogP contribution in [-0.2, 0) is 20.8 Å². The molecule has 1 aliphatic carbocycles. The van der Waals surface area contributed by atoms with Crippen LogP contribution in [0.5, 0.6) is 0 Å². The molecule has 1 saturated carbocycles. The second-order valence-electron chi connectivity index (χ2n) is 9.15. The van der Waals surface area contributed by atoms with Gasteiger partial charge in [-0.15, -0.1) is 0 Å². The molecule has 35 heavy (non-hydrogen) atoms. The van der Waals surface area contributed by atoms with Gasteiger partial charge in [0.15, 0.2) is 0 Å². The number of halogens is 1. The molecule has 2 aliphatic rings. The number of anilines is 1. The Morgan fingerprint density at radius 2 is 1.80 bits per heavy atom. The second-order valence-corrected chi connectivity index (χ2v) is 9.59. The zero-order valence-electron chi connectivity index (χ0n) is 19.6. The maximum absolute atomic E-state index is 13.4. The zero-order valence-corrected chi connectivity index (χ0v) is 20.4. The number of likely N-dealkylation sites (N-methyl/N-ethyl adjacent to an activating group) is 1. The van der Waals surface area contributed by atoms with Crippen LogP contribution >= 0.6 is 11.6 Å². The van der Waals surface area contributed by atoms with Gasteiger partial charge in [0.1, 0.15) is 18.1 Å². The summed E-state index contributed by atoms with van der Waals surface area (Å²) in [6.45, 7) is -0.439. The normalized spacial score (nSPS) is 17.7. The highest BCUT2D eigenvalue weighted by atomic mass is 35.5. The summed E-state index contributed by atoms with van der Waals surface area (Å²) >= 11 is 6.09. The van der Waals surface area contributed by atoms with Crippen molar-refractivity contribution in [1.82, 2.24) is 15.5 Å². The molecule has 1 saturated heterocycles. The predicted octanol–water partition coefficient (Wildman–Crippen LogP) is 3.29. The molecule has 0 unspecified atom stereocenters. The van der Waals surface area contributed by atoms with Crippen LogP contribution in [0.25, 0.3) is 0 Å². The van der Waals surface area contributed by atoms with E-state index in [0.29, 0.717) is 23.6 Å². The van der Waals surface area contributed by atoms with E-state index in [0.717, 1.165) is 29.7 Å². The summed E-state index contributed by atoms with van der Waals surface area (Å²) in [6, 6.07) is 14.7. The van der Waals surface area contributed by atoms with E-state index in [2.05, 4.69) is 10.6 Å². The van der Waals surface area contributed by atoms with Crippen LogP contribution in [0.1, 0.15) is 37.7 Å². The van der Waals surface area contributed by atoms with Crippen molar-refractivity contribution in [3.8, 4) is 0 Å². The van der Waals surface area contributed by atoms with Crippen LogP contribution in [0.2, 0.25) is 5.02 Å². The Morgan fingerprint density at radius 1 is 1.09 bits per heavy atom. The van der Waals surface area contributed by atoms with E-state index in [1.54, 1.807) is 31.3 Å². The van der Waals surface area contributed by atoms with Gasteiger partial charge in [0.2, 0.25) is 11.8 Å². The monoisotopic (exact) mass is 496 g/mol. The Kier molecular flexibility index (Phi) is 7.40. The van der Waals surface area contributed by atoms with Gasteiger partial charge in [0.25, 0.3) is 5.91 Å². The maximum atomic E-state index is 13.4.